The van der Waals surface area contributed by atoms with Gasteiger partial charge in [-0.05, 0) is 65.1 Å². The molecule has 2 aromatic rings. The lowest BCUT2D eigenvalue weighted by atomic mass is 9.80. The summed E-state index contributed by atoms with van der Waals surface area (Å²) in [5, 5.41) is 0.627. The van der Waals surface area contributed by atoms with E-state index in [1.165, 1.54) is 24.8 Å². The van der Waals surface area contributed by atoms with E-state index in [1.807, 2.05) is 24.3 Å². The topological polar surface area (TPSA) is 17.1 Å². The fraction of sp³-hybridized carbons (Fsp3) is 0.235. The van der Waals surface area contributed by atoms with Crippen LogP contribution in [-0.4, -0.2) is 5.78 Å². The third-order valence-electron chi connectivity index (χ3n) is 3.93. The fourth-order valence-electron chi connectivity index (χ4n) is 2.45. The highest BCUT2D eigenvalue weighted by Crippen LogP contribution is 2.36. The predicted molar refractivity (Wildman–Crippen MR) is 90.6 cm³/mol. The van der Waals surface area contributed by atoms with Gasteiger partial charge in [0.25, 0.3) is 0 Å². The molecule has 1 aliphatic rings. The van der Waals surface area contributed by atoms with Gasteiger partial charge in [-0.25, -0.2) is 0 Å². The predicted octanol–water partition coefficient (Wildman–Crippen LogP) is 5.44. The van der Waals surface area contributed by atoms with Crippen LogP contribution in [0.4, 0.5) is 0 Å². The lowest BCUT2D eigenvalue weighted by Crippen LogP contribution is -2.09. The van der Waals surface area contributed by atoms with Gasteiger partial charge in [-0.15, -0.1) is 0 Å². The van der Waals surface area contributed by atoms with Crippen LogP contribution in [0, 0.1) is 3.57 Å². The molecule has 0 spiro atoms. The normalized spacial score (nSPS) is 14.9. The Labute approximate surface area is 137 Å². The molecular formula is C17H14ClIO. The highest BCUT2D eigenvalue weighted by Gasteiger charge is 2.19. The van der Waals surface area contributed by atoms with Crippen molar-refractivity contribution in [2.45, 2.75) is 25.2 Å². The summed E-state index contributed by atoms with van der Waals surface area (Å²) in [6, 6.07) is 13.5. The summed E-state index contributed by atoms with van der Waals surface area (Å²) in [5.41, 5.74) is 2.73. The molecule has 0 unspecified atom stereocenters. The number of ketones is 1. The van der Waals surface area contributed by atoms with E-state index in [-0.39, 0.29) is 5.78 Å². The van der Waals surface area contributed by atoms with Crippen molar-refractivity contribution in [2.24, 2.45) is 0 Å². The molecule has 0 heterocycles. The quantitative estimate of drug-likeness (QED) is 0.498. The van der Waals surface area contributed by atoms with Crippen LogP contribution in [0.2, 0.25) is 5.02 Å². The lowest BCUT2D eigenvalue weighted by molar-refractivity contribution is 0.103. The Balaban J connectivity index is 1.84. The summed E-state index contributed by atoms with van der Waals surface area (Å²) in [5.74, 6) is 0.732. The van der Waals surface area contributed by atoms with Gasteiger partial charge in [-0.1, -0.05) is 42.3 Å². The van der Waals surface area contributed by atoms with E-state index in [1.54, 1.807) is 6.07 Å². The minimum absolute atomic E-state index is 0.0310. The number of halogens is 2. The number of carbonyl (C=O) groups is 1. The Morgan fingerprint density at radius 2 is 1.70 bits per heavy atom. The van der Waals surface area contributed by atoms with Crippen molar-refractivity contribution in [3.63, 3.8) is 0 Å². The molecule has 1 fully saturated rings. The first-order chi connectivity index (χ1) is 9.65. The van der Waals surface area contributed by atoms with E-state index in [2.05, 4.69) is 34.7 Å². The lowest BCUT2D eigenvalue weighted by Gasteiger charge is -2.25. The van der Waals surface area contributed by atoms with Crippen LogP contribution in [0.25, 0.3) is 0 Å². The Bertz CT molecular complexity index is 645. The van der Waals surface area contributed by atoms with Gasteiger partial charge < -0.3 is 0 Å². The maximum Gasteiger partial charge on any atom is 0.193 e. The Morgan fingerprint density at radius 3 is 2.25 bits per heavy atom. The molecule has 20 heavy (non-hydrogen) atoms. The van der Waals surface area contributed by atoms with Crippen molar-refractivity contribution < 1.29 is 4.79 Å². The second-order valence-corrected chi connectivity index (χ2v) is 6.78. The van der Waals surface area contributed by atoms with Gasteiger partial charge in [-0.2, -0.15) is 0 Å². The van der Waals surface area contributed by atoms with Gasteiger partial charge in [0.15, 0.2) is 5.78 Å². The van der Waals surface area contributed by atoms with E-state index in [0.29, 0.717) is 16.5 Å². The van der Waals surface area contributed by atoms with Crippen molar-refractivity contribution in [1.29, 1.82) is 0 Å². The zero-order valence-electron chi connectivity index (χ0n) is 10.9. The molecule has 0 N–H and O–H groups in total. The highest BCUT2D eigenvalue weighted by molar-refractivity contribution is 14.1. The number of benzene rings is 2. The van der Waals surface area contributed by atoms with Crippen molar-refractivity contribution in [3.8, 4) is 0 Å². The van der Waals surface area contributed by atoms with Gasteiger partial charge in [0, 0.05) is 14.7 Å². The van der Waals surface area contributed by atoms with Gasteiger partial charge in [0.05, 0.1) is 5.02 Å². The summed E-state index contributed by atoms with van der Waals surface area (Å²) >= 11 is 8.24. The van der Waals surface area contributed by atoms with Crippen molar-refractivity contribution in [2.75, 3.05) is 0 Å². The molecule has 0 aromatic heterocycles. The molecule has 1 nitrogen and oxygen atoms in total. The maximum atomic E-state index is 12.4. The highest BCUT2D eigenvalue weighted by atomic mass is 127. The zero-order chi connectivity index (χ0) is 14.1. The first kappa shape index (κ1) is 14.1. The number of rotatable bonds is 3. The van der Waals surface area contributed by atoms with E-state index in [0.717, 1.165) is 9.13 Å². The summed E-state index contributed by atoms with van der Waals surface area (Å²) in [6.07, 6.45) is 3.88. The third-order valence-corrected chi connectivity index (χ3v) is 5.50. The Morgan fingerprint density at radius 1 is 1.05 bits per heavy atom. The van der Waals surface area contributed by atoms with Crippen LogP contribution < -0.4 is 0 Å². The number of carbonyl (C=O) groups excluding carboxylic acids is 1. The summed E-state index contributed by atoms with van der Waals surface area (Å²) in [6.45, 7) is 0. The minimum atomic E-state index is 0.0310. The third kappa shape index (κ3) is 2.77. The molecular weight excluding hydrogens is 383 g/mol. The second kappa shape index (κ2) is 5.86. The van der Waals surface area contributed by atoms with Crippen LogP contribution in [0.3, 0.4) is 0 Å². The Hall–Kier alpha value is -0.870. The van der Waals surface area contributed by atoms with Gasteiger partial charge in [-0.3, -0.25) is 4.79 Å². The van der Waals surface area contributed by atoms with Crippen molar-refractivity contribution in [3.05, 3.63) is 67.7 Å². The van der Waals surface area contributed by atoms with Gasteiger partial charge >= 0.3 is 0 Å². The summed E-state index contributed by atoms with van der Waals surface area (Å²) in [4.78, 5) is 12.4. The first-order valence-corrected chi connectivity index (χ1v) is 8.20. The molecule has 0 atom stereocenters. The molecule has 0 saturated heterocycles. The van der Waals surface area contributed by atoms with Crippen LogP contribution in [0.1, 0.15) is 46.7 Å². The SMILES string of the molecule is O=C(c1ccc(C2CCC2)cc1)c1ccc(I)c(Cl)c1. The van der Waals surface area contributed by atoms with E-state index >= 15 is 0 Å². The zero-order valence-corrected chi connectivity index (χ0v) is 13.8. The van der Waals surface area contributed by atoms with E-state index in [9.17, 15) is 4.79 Å². The average molecular weight is 397 g/mol. The van der Waals surface area contributed by atoms with Crippen LogP contribution in [0.15, 0.2) is 42.5 Å². The average Bonchev–Trinajstić information content (AvgIpc) is 2.40. The minimum Gasteiger partial charge on any atom is -0.289 e. The van der Waals surface area contributed by atoms with Crippen molar-refractivity contribution in [1.82, 2.24) is 0 Å². The molecule has 0 radical (unpaired) electrons. The van der Waals surface area contributed by atoms with Gasteiger partial charge in [0.1, 0.15) is 0 Å². The Kier molecular flexibility index (Phi) is 4.13. The van der Waals surface area contributed by atoms with Gasteiger partial charge in [0.2, 0.25) is 0 Å². The second-order valence-electron chi connectivity index (χ2n) is 5.21. The monoisotopic (exact) mass is 396 g/mol. The molecule has 3 rings (SSSR count). The molecule has 0 aliphatic heterocycles. The maximum absolute atomic E-state index is 12.4. The molecule has 3 heteroatoms. The van der Waals surface area contributed by atoms with Crippen molar-refractivity contribution >= 4 is 40.0 Å². The van der Waals surface area contributed by atoms with E-state index in [4.69, 9.17) is 11.6 Å². The summed E-state index contributed by atoms with van der Waals surface area (Å²) in [7, 11) is 0. The molecule has 0 amide bonds. The van der Waals surface area contributed by atoms with Crippen LogP contribution in [-0.2, 0) is 0 Å². The largest absolute Gasteiger partial charge is 0.289 e. The fourth-order valence-corrected chi connectivity index (χ4v) is 2.97. The molecule has 2 aromatic carbocycles. The molecule has 102 valence electrons. The number of hydrogen-bond donors (Lipinski definition) is 0. The van der Waals surface area contributed by atoms with Crippen LogP contribution in [0.5, 0.6) is 0 Å². The van der Waals surface area contributed by atoms with Crippen LogP contribution >= 0.6 is 34.2 Å². The standard InChI is InChI=1S/C17H14ClIO/c18-15-10-14(8-9-16(15)19)17(20)13-6-4-12(5-7-13)11-2-1-3-11/h4-11H,1-3H2. The summed E-state index contributed by atoms with van der Waals surface area (Å²) < 4.78 is 0.959. The molecule has 1 saturated carbocycles. The number of hydrogen-bond acceptors (Lipinski definition) is 1. The van der Waals surface area contributed by atoms with E-state index < -0.39 is 0 Å². The first-order valence-electron chi connectivity index (χ1n) is 6.75. The smallest absolute Gasteiger partial charge is 0.193 e. The molecule has 0 bridgehead atoms. The molecule has 1 aliphatic carbocycles.